The minimum Gasteiger partial charge on any atom is -0.442 e. The number of rotatable bonds is 8. The fraction of sp³-hybridized carbons (Fsp3) is 0.694. The summed E-state index contributed by atoms with van der Waals surface area (Å²) in [6.45, 7) is 11.5. The molecule has 1 aliphatic carbocycles. The predicted octanol–water partition coefficient (Wildman–Crippen LogP) is 7.32. The van der Waals surface area contributed by atoms with E-state index in [0.29, 0.717) is 41.9 Å². The van der Waals surface area contributed by atoms with Crippen LogP contribution in [0.2, 0.25) is 0 Å². The van der Waals surface area contributed by atoms with Crippen molar-refractivity contribution in [1.82, 2.24) is 19.9 Å². The average molecular weight is 605 g/mol. The molecule has 0 bridgehead atoms. The Morgan fingerprint density at radius 2 is 1.70 bits per heavy atom. The first-order valence-electron chi connectivity index (χ1n) is 17.4. The predicted molar refractivity (Wildman–Crippen MR) is 171 cm³/mol. The molecule has 240 valence electrons. The molecule has 3 saturated heterocycles. The van der Waals surface area contributed by atoms with E-state index < -0.39 is 0 Å². The highest BCUT2D eigenvalue weighted by Crippen LogP contribution is 2.44. The Balaban J connectivity index is 1.07. The number of carbonyl (C=O) groups excluding carboxylic acids is 2. The molecular weight excluding hydrogens is 552 g/mol. The molecular formula is C36H52N4O4. The molecule has 6 rings (SSSR count). The maximum absolute atomic E-state index is 13.7. The van der Waals surface area contributed by atoms with Crippen molar-refractivity contribution in [2.45, 2.75) is 109 Å². The van der Waals surface area contributed by atoms with Gasteiger partial charge in [-0.05, 0) is 51.9 Å². The molecule has 3 aliphatic heterocycles. The highest BCUT2D eigenvalue weighted by atomic mass is 16.6. The zero-order valence-electron chi connectivity index (χ0n) is 27.2. The van der Waals surface area contributed by atoms with Crippen LogP contribution >= 0.6 is 0 Å². The van der Waals surface area contributed by atoms with Gasteiger partial charge in [-0.25, -0.2) is 4.79 Å². The van der Waals surface area contributed by atoms with Crippen molar-refractivity contribution in [3.05, 3.63) is 41.7 Å². The third kappa shape index (κ3) is 6.29. The summed E-state index contributed by atoms with van der Waals surface area (Å²) in [6, 6.07) is 9.81. The number of piperidine rings is 2. The molecule has 1 unspecified atom stereocenters. The van der Waals surface area contributed by atoms with Crippen LogP contribution in [0, 0.1) is 18.8 Å². The standard InChI is InChI=1S/C36H52N4O4/c1-4-5-16-30-26-39(25-28-12-8-6-9-13-28)34(42)43-36(30)19-23-40(24-20-36)35(3)17-21-38(22-18-35)33(41)31-27(2)44-37-32(31)29-14-10-7-11-15-29/h7,10-11,14-15,28,30H,4-6,8-9,12-13,16-26H2,1-3H3. The lowest BCUT2D eigenvalue weighted by Crippen LogP contribution is -2.63. The molecule has 2 amide bonds. The second-order valence-electron chi connectivity index (χ2n) is 14.3. The highest BCUT2D eigenvalue weighted by molar-refractivity contribution is 6.00. The Hall–Kier alpha value is -2.87. The smallest absolute Gasteiger partial charge is 0.410 e. The van der Waals surface area contributed by atoms with Crippen LogP contribution in [0.5, 0.6) is 0 Å². The third-order valence-electron chi connectivity index (χ3n) is 11.5. The van der Waals surface area contributed by atoms with Gasteiger partial charge in [0.25, 0.3) is 5.91 Å². The summed E-state index contributed by atoms with van der Waals surface area (Å²) in [6.07, 6.45) is 13.5. The zero-order valence-corrected chi connectivity index (χ0v) is 27.2. The van der Waals surface area contributed by atoms with E-state index in [1.54, 1.807) is 0 Å². The van der Waals surface area contributed by atoms with E-state index in [2.05, 4.69) is 28.8 Å². The molecule has 4 fully saturated rings. The van der Waals surface area contributed by atoms with E-state index >= 15 is 0 Å². The second kappa shape index (κ2) is 13.2. The largest absolute Gasteiger partial charge is 0.442 e. The van der Waals surface area contributed by atoms with Gasteiger partial charge in [0.1, 0.15) is 22.6 Å². The van der Waals surface area contributed by atoms with Crippen LogP contribution in [0.15, 0.2) is 34.9 Å². The van der Waals surface area contributed by atoms with Crippen LogP contribution in [0.1, 0.15) is 107 Å². The fourth-order valence-electron chi connectivity index (χ4n) is 8.48. The summed E-state index contributed by atoms with van der Waals surface area (Å²) in [5.41, 5.74) is 1.79. The lowest BCUT2D eigenvalue weighted by atomic mass is 9.74. The van der Waals surface area contributed by atoms with Gasteiger partial charge < -0.3 is 19.1 Å². The molecule has 0 N–H and O–H groups in total. The van der Waals surface area contributed by atoms with Crippen molar-refractivity contribution in [2.24, 2.45) is 11.8 Å². The molecule has 4 aliphatic rings. The van der Waals surface area contributed by atoms with Gasteiger partial charge in [-0.2, -0.15) is 0 Å². The lowest BCUT2D eigenvalue weighted by molar-refractivity contribution is -0.134. The Morgan fingerprint density at radius 1 is 1.00 bits per heavy atom. The molecule has 1 aromatic carbocycles. The van der Waals surface area contributed by atoms with Gasteiger partial charge in [0.15, 0.2) is 0 Å². The number of hydrogen-bond acceptors (Lipinski definition) is 6. The van der Waals surface area contributed by atoms with E-state index in [1.807, 2.05) is 42.2 Å². The molecule has 0 radical (unpaired) electrons. The normalized spacial score (nSPS) is 24.4. The number of hydrogen-bond donors (Lipinski definition) is 0. The van der Waals surface area contributed by atoms with Crippen molar-refractivity contribution in [1.29, 1.82) is 0 Å². The number of nitrogens with zero attached hydrogens (tertiary/aromatic N) is 4. The molecule has 1 spiro atoms. The van der Waals surface area contributed by atoms with Crippen LogP contribution in [-0.4, -0.2) is 82.3 Å². The fourth-order valence-corrected chi connectivity index (χ4v) is 8.48. The van der Waals surface area contributed by atoms with Gasteiger partial charge in [0.05, 0.1) is 0 Å². The summed E-state index contributed by atoms with van der Waals surface area (Å²) in [5.74, 6) is 1.62. The van der Waals surface area contributed by atoms with Crippen molar-refractivity contribution in [2.75, 3.05) is 39.3 Å². The van der Waals surface area contributed by atoms with Gasteiger partial charge in [-0.15, -0.1) is 0 Å². The Morgan fingerprint density at radius 3 is 2.39 bits per heavy atom. The van der Waals surface area contributed by atoms with Gasteiger partial charge in [0.2, 0.25) is 0 Å². The topological polar surface area (TPSA) is 79.1 Å². The Bertz CT molecular complexity index is 1270. The van der Waals surface area contributed by atoms with Crippen molar-refractivity contribution < 1.29 is 18.8 Å². The molecule has 4 heterocycles. The van der Waals surface area contributed by atoms with E-state index in [9.17, 15) is 9.59 Å². The quantitative estimate of drug-likeness (QED) is 0.314. The van der Waals surface area contributed by atoms with Crippen molar-refractivity contribution >= 4 is 12.0 Å². The number of carbonyl (C=O) groups is 2. The number of benzene rings is 1. The Kier molecular flexibility index (Phi) is 9.36. The summed E-state index contributed by atoms with van der Waals surface area (Å²) in [7, 11) is 0. The third-order valence-corrected chi connectivity index (χ3v) is 11.5. The van der Waals surface area contributed by atoms with E-state index in [1.165, 1.54) is 44.9 Å². The number of ether oxygens (including phenoxy) is 1. The van der Waals surface area contributed by atoms with E-state index in [4.69, 9.17) is 9.26 Å². The molecule has 8 nitrogen and oxygen atoms in total. The lowest BCUT2D eigenvalue weighted by Gasteiger charge is -2.55. The maximum atomic E-state index is 13.7. The number of aryl methyl sites for hydroxylation is 1. The van der Waals surface area contributed by atoms with Crippen LogP contribution in [0.3, 0.4) is 0 Å². The number of likely N-dealkylation sites (tertiary alicyclic amines) is 2. The number of aromatic nitrogens is 1. The number of amides is 2. The molecule has 44 heavy (non-hydrogen) atoms. The SMILES string of the molecule is CCCCC1CN(CC2CCCCC2)C(=O)OC12CCN(C1(C)CCN(C(=O)c3c(-c4ccccc4)noc3C)CC1)CC2. The van der Waals surface area contributed by atoms with Gasteiger partial charge in [0, 0.05) is 69.1 Å². The molecule has 8 heteroatoms. The molecule has 1 aromatic heterocycles. The van der Waals surface area contributed by atoms with E-state index in [0.717, 1.165) is 63.8 Å². The summed E-state index contributed by atoms with van der Waals surface area (Å²) in [5, 5.41) is 4.24. The van der Waals surface area contributed by atoms with Crippen LogP contribution < -0.4 is 0 Å². The monoisotopic (exact) mass is 604 g/mol. The van der Waals surface area contributed by atoms with Crippen molar-refractivity contribution in [3.63, 3.8) is 0 Å². The first kappa shape index (κ1) is 31.1. The maximum Gasteiger partial charge on any atom is 0.410 e. The summed E-state index contributed by atoms with van der Waals surface area (Å²) < 4.78 is 12.0. The Labute approximate surface area is 263 Å². The van der Waals surface area contributed by atoms with Crippen LogP contribution in [0.25, 0.3) is 11.3 Å². The van der Waals surface area contributed by atoms with Gasteiger partial charge in [-0.3, -0.25) is 9.69 Å². The average Bonchev–Trinajstić information content (AvgIpc) is 3.44. The first-order valence-corrected chi connectivity index (χ1v) is 17.4. The van der Waals surface area contributed by atoms with Gasteiger partial charge in [-0.1, -0.05) is 74.5 Å². The minimum absolute atomic E-state index is 0.00733. The van der Waals surface area contributed by atoms with E-state index in [-0.39, 0.29) is 23.1 Å². The number of unbranched alkanes of at least 4 members (excludes halogenated alkanes) is 1. The summed E-state index contributed by atoms with van der Waals surface area (Å²) in [4.78, 5) is 33.8. The minimum atomic E-state index is -0.335. The van der Waals surface area contributed by atoms with Crippen molar-refractivity contribution in [3.8, 4) is 11.3 Å². The molecule has 2 aromatic rings. The highest BCUT2D eigenvalue weighted by Gasteiger charge is 2.51. The molecule has 1 saturated carbocycles. The zero-order chi connectivity index (χ0) is 30.7. The van der Waals surface area contributed by atoms with Crippen LogP contribution in [-0.2, 0) is 4.74 Å². The van der Waals surface area contributed by atoms with Gasteiger partial charge >= 0.3 is 6.09 Å². The van der Waals surface area contributed by atoms with Crippen LogP contribution in [0.4, 0.5) is 4.79 Å². The summed E-state index contributed by atoms with van der Waals surface area (Å²) >= 11 is 0. The second-order valence-corrected chi connectivity index (χ2v) is 14.3. The molecule has 1 atom stereocenters. The first-order chi connectivity index (χ1) is 21.3.